The normalized spacial score (nSPS) is 15.4. The van der Waals surface area contributed by atoms with Gasteiger partial charge in [0.2, 0.25) is 0 Å². The number of hydrogen-bond donors (Lipinski definition) is 1. The summed E-state index contributed by atoms with van der Waals surface area (Å²) >= 11 is 0. The van der Waals surface area contributed by atoms with Crippen molar-refractivity contribution < 1.29 is 9.53 Å². The maximum Gasteiger partial charge on any atom is 0.410 e. The van der Waals surface area contributed by atoms with Crippen molar-refractivity contribution >= 4 is 18.0 Å². The minimum absolute atomic E-state index is 0.294. The van der Waals surface area contributed by atoms with E-state index >= 15 is 0 Å². The summed E-state index contributed by atoms with van der Waals surface area (Å²) in [7, 11) is 0. The van der Waals surface area contributed by atoms with E-state index in [-0.39, 0.29) is 6.09 Å². The summed E-state index contributed by atoms with van der Waals surface area (Å²) in [6.07, 6.45) is 1.21. The smallest absolute Gasteiger partial charge is 0.410 e. The summed E-state index contributed by atoms with van der Waals surface area (Å²) in [6.45, 7) is 7.99. The summed E-state index contributed by atoms with van der Waals surface area (Å²) < 4.78 is 5.40. The quantitative estimate of drug-likeness (QED) is 0.508. The number of nitriles is 1. The molecule has 1 aromatic carbocycles. The highest BCUT2D eigenvalue weighted by Gasteiger charge is 2.26. The molecule has 0 bridgehead atoms. The average Bonchev–Trinajstić information content (AvgIpc) is 2.53. The van der Waals surface area contributed by atoms with Gasteiger partial charge in [-0.2, -0.15) is 10.4 Å². The Balaban J connectivity index is 2.05. The topological polar surface area (TPSA) is 94.9 Å². The first-order chi connectivity index (χ1) is 11.3. The van der Waals surface area contributed by atoms with Gasteiger partial charge in [0.25, 0.3) is 0 Å². The van der Waals surface area contributed by atoms with Crippen molar-refractivity contribution in [1.82, 2.24) is 4.90 Å². The number of rotatable bonds is 2. The van der Waals surface area contributed by atoms with Crippen LogP contribution < -0.4 is 10.7 Å². The van der Waals surface area contributed by atoms with Gasteiger partial charge in [-0.05, 0) is 38.5 Å². The highest BCUT2D eigenvalue weighted by atomic mass is 16.6. The highest BCUT2D eigenvalue weighted by molar-refractivity contribution is 5.82. The first kappa shape index (κ1) is 17.6. The van der Waals surface area contributed by atoms with Crippen LogP contribution in [-0.4, -0.2) is 49.0 Å². The van der Waals surface area contributed by atoms with Crippen LogP contribution in [0.2, 0.25) is 0 Å². The number of nitrogens with zero attached hydrogens (tertiary/aromatic N) is 4. The Morgan fingerprint density at radius 2 is 2.00 bits per heavy atom. The van der Waals surface area contributed by atoms with E-state index < -0.39 is 5.60 Å². The molecule has 1 fully saturated rings. The molecule has 2 rings (SSSR count). The molecule has 24 heavy (non-hydrogen) atoms. The van der Waals surface area contributed by atoms with Crippen LogP contribution in [0, 0.1) is 11.3 Å². The van der Waals surface area contributed by atoms with Gasteiger partial charge < -0.3 is 20.4 Å². The van der Waals surface area contributed by atoms with E-state index in [1.54, 1.807) is 11.0 Å². The van der Waals surface area contributed by atoms with Crippen LogP contribution in [0.25, 0.3) is 0 Å². The van der Waals surface area contributed by atoms with E-state index in [9.17, 15) is 10.1 Å². The Hall–Kier alpha value is -2.75. The molecule has 1 aliphatic heterocycles. The minimum atomic E-state index is -0.497. The average molecular weight is 329 g/mol. The Labute approximate surface area is 142 Å². The summed E-state index contributed by atoms with van der Waals surface area (Å²) in [6, 6.07) is 7.72. The highest BCUT2D eigenvalue weighted by Crippen LogP contribution is 2.23. The summed E-state index contributed by atoms with van der Waals surface area (Å²) in [5.74, 6) is 5.15. The number of benzene rings is 1. The number of piperazine rings is 1. The van der Waals surface area contributed by atoms with Crippen molar-refractivity contribution in [2.75, 3.05) is 31.1 Å². The molecule has 128 valence electrons. The molecule has 2 N–H and O–H groups in total. The van der Waals surface area contributed by atoms with Crippen LogP contribution in [0.3, 0.4) is 0 Å². The lowest BCUT2D eigenvalue weighted by Gasteiger charge is -2.37. The third kappa shape index (κ3) is 4.38. The molecular formula is C17H23N5O2. The van der Waals surface area contributed by atoms with E-state index in [1.165, 1.54) is 6.21 Å². The second-order valence-electron chi connectivity index (χ2n) is 6.62. The molecule has 7 nitrogen and oxygen atoms in total. The van der Waals surface area contributed by atoms with Crippen molar-refractivity contribution in [1.29, 1.82) is 5.26 Å². The van der Waals surface area contributed by atoms with Crippen LogP contribution >= 0.6 is 0 Å². The van der Waals surface area contributed by atoms with E-state index in [1.807, 2.05) is 32.9 Å². The van der Waals surface area contributed by atoms with Crippen LogP contribution in [0.4, 0.5) is 10.5 Å². The predicted molar refractivity (Wildman–Crippen MR) is 93.0 cm³/mol. The van der Waals surface area contributed by atoms with E-state index in [0.29, 0.717) is 31.7 Å². The van der Waals surface area contributed by atoms with Gasteiger partial charge >= 0.3 is 6.09 Å². The molecule has 1 heterocycles. The van der Waals surface area contributed by atoms with Crippen LogP contribution in [0.15, 0.2) is 23.3 Å². The number of amides is 1. The molecule has 0 spiro atoms. The number of anilines is 1. The Morgan fingerprint density at radius 1 is 1.33 bits per heavy atom. The maximum absolute atomic E-state index is 12.1. The third-order valence-corrected chi connectivity index (χ3v) is 3.64. The van der Waals surface area contributed by atoms with E-state index in [2.05, 4.69) is 16.1 Å². The Kier molecular flexibility index (Phi) is 5.29. The van der Waals surface area contributed by atoms with Crippen LogP contribution in [0.5, 0.6) is 0 Å². The number of ether oxygens (including phenoxy) is 1. The zero-order valence-electron chi connectivity index (χ0n) is 14.3. The van der Waals surface area contributed by atoms with Crippen LogP contribution in [-0.2, 0) is 4.74 Å². The molecule has 0 unspecified atom stereocenters. The van der Waals surface area contributed by atoms with Crippen molar-refractivity contribution in [3.63, 3.8) is 0 Å². The molecule has 0 aliphatic carbocycles. The fourth-order valence-corrected chi connectivity index (χ4v) is 2.54. The lowest BCUT2D eigenvalue weighted by atomic mass is 10.1. The zero-order valence-corrected chi connectivity index (χ0v) is 14.3. The minimum Gasteiger partial charge on any atom is -0.444 e. The number of carbonyl (C=O) groups excluding carboxylic acids is 1. The molecule has 0 radical (unpaired) electrons. The number of hydrogen-bond acceptors (Lipinski definition) is 6. The van der Waals surface area contributed by atoms with Gasteiger partial charge in [-0.1, -0.05) is 6.07 Å². The van der Waals surface area contributed by atoms with Gasteiger partial charge in [0.05, 0.1) is 17.5 Å². The molecule has 0 saturated carbocycles. The third-order valence-electron chi connectivity index (χ3n) is 3.64. The summed E-state index contributed by atoms with van der Waals surface area (Å²) in [5.41, 5.74) is 1.71. The monoisotopic (exact) mass is 329 g/mol. The fraction of sp³-hybridized carbons (Fsp3) is 0.471. The van der Waals surface area contributed by atoms with Gasteiger partial charge in [0.1, 0.15) is 11.7 Å². The van der Waals surface area contributed by atoms with Crippen molar-refractivity contribution in [3.05, 3.63) is 29.3 Å². The van der Waals surface area contributed by atoms with Crippen LogP contribution in [0.1, 0.15) is 31.9 Å². The van der Waals surface area contributed by atoms with Gasteiger partial charge in [-0.3, -0.25) is 0 Å². The number of hydrazone groups is 1. The standard InChI is InChI=1S/C17H23N5O2/c1-17(2,3)24-16(23)22-8-6-21(7-9-22)15-5-4-13(12-20-19)10-14(15)11-18/h4-5,10,12H,6-9,19H2,1-3H3. The first-order valence-electron chi connectivity index (χ1n) is 7.84. The maximum atomic E-state index is 12.1. The molecule has 1 saturated heterocycles. The lowest BCUT2D eigenvalue weighted by molar-refractivity contribution is 0.0240. The molecular weight excluding hydrogens is 306 g/mol. The van der Waals surface area contributed by atoms with E-state index in [4.69, 9.17) is 10.6 Å². The Bertz CT molecular complexity index is 665. The molecule has 0 atom stereocenters. The number of carbonyl (C=O) groups is 1. The number of nitrogens with two attached hydrogens (primary N) is 1. The first-order valence-corrected chi connectivity index (χ1v) is 7.84. The SMILES string of the molecule is CC(C)(C)OC(=O)N1CCN(c2ccc(C=NN)cc2C#N)CC1. The fourth-order valence-electron chi connectivity index (χ4n) is 2.54. The van der Waals surface area contributed by atoms with Gasteiger partial charge in [0.15, 0.2) is 0 Å². The second-order valence-corrected chi connectivity index (χ2v) is 6.62. The second kappa shape index (κ2) is 7.21. The van der Waals surface area contributed by atoms with Gasteiger partial charge in [-0.25, -0.2) is 4.79 Å². The molecule has 7 heteroatoms. The van der Waals surface area contributed by atoms with Crippen molar-refractivity contribution in [2.45, 2.75) is 26.4 Å². The molecule has 1 aromatic rings. The van der Waals surface area contributed by atoms with Gasteiger partial charge in [-0.15, -0.1) is 0 Å². The molecule has 0 aromatic heterocycles. The zero-order chi connectivity index (χ0) is 17.7. The lowest BCUT2D eigenvalue weighted by Crippen LogP contribution is -2.50. The largest absolute Gasteiger partial charge is 0.444 e. The van der Waals surface area contributed by atoms with Gasteiger partial charge in [0, 0.05) is 26.2 Å². The molecule has 1 aliphatic rings. The predicted octanol–water partition coefficient (Wildman–Crippen LogP) is 1.91. The van der Waals surface area contributed by atoms with E-state index in [0.717, 1.165) is 11.3 Å². The summed E-state index contributed by atoms with van der Waals surface area (Å²) in [4.78, 5) is 15.9. The summed E-state index contributed by atoms with van der Waals surface area (Å²) in [5, 5.41) is 12.8. The van der Waals surface area contributed by atoms with Crippen molar-refractivity contribution in [3.8, 4) is 6.07 Å². The Morgan fingerprint density at radius 3 is 2.54 bits per heavy atom. The molecule has 1 amide bonds. The van der Waals surface area contributed by atoms with Crippen molar-refractivity contribution in [2.24, 2.45) is 10.9 Å².